The molecule has 1 aromatic carbocycles. The van der Waals surface area contributed by atoms with Crippen molar-refractivity contribution in [3.63, 3.8) is 0 Å². The number of rotatable bonds is 5. The van der Waals surface area contributed by atoms with Crippen LogP contribution in [-0.4, -0.2) is 30.9 Å². The summed E-state index contributed by atoms with van der Waals surface area (Å²) in [5.74, 6) is -0.0111. The van der Waals surface area contributed by atoms with E-state index in [1.165, 1.54) is 23.0 Å². The normalized spacial score (nSPS) is 11.5. The number of aromatic nitrogens is 5. The van der Waals surface area contributed by atoms with Crippen LogP contribution in [0.15, 0.2) is 59.4 Å². The second-order valence-corrected chi connectivity index (χ2v) is 6.41. The highest BCUT2D eigenvalue weighted by molar-refractivity contribution is 5.90. The fraction of sp³-hybridized carbons (Fsp3) is 0.150. The van der Waals surface area contributed by atoms with Crippen LogP contribution >= 0.6 is 0 Å². The van der Waals surface area contributed by atoms with E-state index in [-0.39, 0.29) is 23.9 Å². The van der Waals surface area contributed by atoms with Gasteiger partial charge in [-0.25, -0.2) is 14.5 Å². The number of ether oxygens (including phenoxy) is 1. The van der Waals surface area contributed by atoms with Crippen molar-refractivity contribution in [2.45, 2.75) is 19.7 Å². The summed E-state index contributed by atoms with van der Waals surface area (Å²) in [5.41, 5.74) is 0.338. The fourth-order valence-corrected chi connectivity index (χ4v) is 2.76. The van der Waals surface area contributed by atoms with Gasteiger partial charge in [0.15, 0.2) is 12.4 Å². The second kappa shape index (κ2) is 8.01. The Morgan fingerprint density at radius 3 is 2.61 bits per heavy atom. The maximum atomic E-state index is 12.7. The number of carbonyl (C=O) groups excluding carboxylic acids is 1. The lowest BCUT2D eigenvalue weighted by atomic mass is 10.1. The molecule has 0 unspecified atom stereocenters. The largest absolute Gasteiger partial charge is 0.452 e. The van der Waals surface area contributed by atoms with Crippen LogP contribution in [0.1, 0.15) is 27.5 Å². The average molecular weight is 429 g/mol. The topological polar surface area (TPSA) is 95.9 Å². The molecule has 0 aliphatic carbocycles. The van der Waals surface area contributed by atoms with Gasteiger partial charge < -0.3 is 9.26 Å². The zero-order valence-electron chi connectivity index (χ0n) is 16.0. The summed E-state index contributed by atoms with van der Waals surface area (Å²) in [4.78, 5) is 20.6. The number of hydrogen-bond acceptors (Lipinski definition) is 7. The van der Waals surface area contributed by atoms with Gasteiger partial charge in [0.05, 0.1) is 17.5 Å². The van der Waals surface area contributed by atoms with Crippen LogP contribution in [0.3, 0.4) is 0 Å². The first-order valence-electron chi connectivity index (χ1n) is 8.96. The number of benzene rings is 1. The first-order valence-corrected chi connectivity index (χ1v) is 8.96. The molecule has 31 heavy (non-hydrogen) atoms. The third kappa shape index (κ3) is 4.29. The monoisotopic (exact) mass is 429 g/mol. The Labute approximate surface area is 173 Å². The first kappa shape index (κ1) is 20.3. The number of carbonyl (C=O) groups is 1. The Hall–Kier alpha value is -4.02. The highest BCUT2D eigenvalue weighted by Gasteiger charge is 2.30. The van der Waals surface area contributed by atoms with Gasteiger partial charge in [0, 0.05) is 11.8 Å². The molecule has 0 saturated carbocycles. The minimum Gasteiger partial charge on any atom is -0.452 e. The van der Waals surface area contributed by atoms with Crippen molar-refractivity contribution < 1.29 is 27.2 Å². The lowest BCUT2D eigenvalue weighted by Gasteiger charge is -2.05. The van der Waals surface area contributed by atoms with Gasteiger partial charge in [-0.05, 0) is 31.2 Å². The van der Waals surface area contributed by atoms with Crippen LogP contribution in [0.2, 0.25) is 0 Å². The van der Waals surface area contributed by atoms with Gasteiger partial charge >= 0.3 is 12.1 Å². The molecule has 3 aromatic heterocycles. The molecule has 4 aromatic rings. The van der Waals surface area contributed by atoms with Crippen LogP contribution < -0.4 is 0 Å². The summed E-state index contributed by atoms with van der Waals surface area (Å²) in [6, 6.07) is 9.63. The Morgan fingerprint density at radius 2 is 1.94 bits per heavy atom. The summed E-state index contributed by atoms with van der Waals surface area (Å²) in [7, 11) is 0. The SMILES string of the molecule is Cc1c(C(=O)OCc2nc(-c3ccc(C(F)(F)F)cc3)no2)cnn1-c1ccccn1. The predicted octanol–water partition coefficient (Wildman–Crippen LogP) is 4.00. The van der Waals surface area contributed by atoms with Gasteiger partial charge in [-0.1, -0.05) is 23.4 Å². The number of hydrogen-bond donors (Lipinski definition) is 0. The van der Waals surface area contributed by atoms with Crippen molar-refractivity contribution in [3.05, 3.63) is 77.6 Å². The number of alkyl halides is 3. The molecule has 0 atom stereocenters. The summed E-state index contributed by atoms with van der Waals surface area (Å²) in [6.45, 7) is 1.40. The minimum atomic E-state index is -4.43. The van der Waals surface area contributed by atoms with Crippen LogP contribution in [-0.2, 0) is 17.5 Å². The molecule has 0 fully saturated rings. The van der Waals surface area contributed by atoms with Gasteiger partial charge in [0.2, 0.25) is 5.82 Å². The summed E-state index contributed by atoms with van der Waals surface area (Å²) >= 11 is 0. The zero-order chi connectivity index (χ0) is 22.0. The van der Waals surface area contributed by atoms with E-state index < -0.39 is 17.7 Å². The highest BCUT2D eigenvalue weighted by atomic mass is 19.4. The smallest absolute Gasteiger partial charge is 0.416 e. The van der Waals surface area contributed by atoms with E-state index in [9.17, 15) is 18.0 Å². The number of nitrogens with zero attached hydrogens (tertiary/aromatic N) is 5. The third-order valence-corrected chi connectivity index (χ3v) is 4.36. The second-order valence-electron chi connectivity index (χ2n) is 6.41. The van der Waals surface area contributed by atoms with Gasteiger partial charge in [0.25, 0.3) is 5.89 Å². The van der Waals surface area contributed by atoms with E-state index in [1.54, 1.807) is 31.3 Å². The Morgan fingerprint density at radius 1 is 1.16 bits per heavy atom. The molecule has 158 valence electrons. The zero-order valence-corrected chi connectivity index (χ0v) is 16.0. The molecular weight excluding hydrogens is 415 g/mol. The van der Waals surface area contributed by atoms with E-state index in [0.717, 1.165) is 12.1 Å². The summed E-state index contributed by atoms with van der Waals surface area (Å²) < 4.78 is 49.7. The van der Waals surface area contributed by atoms with Gasteiger partial charge in [-0.2, -0.15) is 23.3 Å². The molecule has 0 spiro atoms. The van der Waals surface area contributed by atoms with E-state index >= 15 is 0 Å². The molecule has 3 heterocycles. The van der Waals surface area contributed by atoms with E-state index in [1.807, 2.05) is 0 Å². The standard InChI is InChI=1S/C20H14F3N5O3/c1-12-15(10-25-28(12)16-4-2-3-9-24-16)19(29)30-11-17-26-18(27-31-17)13-5-7-14(8-6-13)20(21,22)23/h2-10H,11H2,1H3. The number of esters is 1. The molecule has 0 saturated heterocycles. The minimum absolute atomic E-state index is 0.00183. The predicted molar refractivity (Wildman–Crippen MR) is 100.0 cm³/mol. The Balaban J connectivity index is 1.42. The molecule has 0 bridgehead atoms. The van der Waals surface area contributed by atoms with Gasteiger partial charge in [-0.15, -0.1) is 0 Å². The molecule has 11 heteroatoms. The number of pyridine rings is 1. The van der Waals surface area contributed by atoms with Gasteiger partial charge in [-0.3, -0.25) is 0 Å². The van der Waals surface area contributed by atoms with Gasteiger partial charge in [0.1, 0.15) is 5.56 Å². The van der Waals surface area contributed by atoms with Crippen molar-refractivity contribution in [1.82, 2.24) is 24.9 Å². The molecule has 0 aliphatic rings. The molecule has 0 amide bonds. The van der Waals surface area contributed by atoms with E-state index in [0.29, 0.717) is 17.1 Å². The maximum absolute atomic E-state index is 12.7. The van der Waals surface area contributed by atoms with Crippen molar-refractivity contribution in [3.8, 4) is 17.2 Å². The summed E-state index contributed by atoms with van der Waals surface area (Å²) in [6.07, 6.45) is -1.45. The van der Waals surface area contributed by atoms with Crippen LogP contribution in [0.25, 0.3) is 17.2 Å². The Bertz CT molecular complexity index is 1200. The lowest BCUT2D eigenvalue weighted by molar-refractivity contribution is -0.137. The molecule has 4 rings (SSSR count). The van der Waals surface area contributed by atoms with Crippen LogP contribution in [0, 0.1) is 6.92 Å². The van der Waals surface area contributed by atoms with Crippen molar-refractivity contribution in [2.75, 3.05) is 0 Å². The number of halogens is 3. The van der Waals surface area contributed by atoms with Crippen molar-refractivity contribution in [1.29, 1.82) is 0 Å². The highest BCUT2D eigenvalue weighted by Crippen LogP contribution is 2.30. The average Bonchev–Trinajstić information content (AvgIpc) is 3.39. The van der Waals surface area contributed by atoms with Crippen molar-refractivity contribution in [2.24, 2.45) is 0 Å². The molecule has 0 radical (unpaired) electrons. The molecular formula is C20H14F3N5O3. The summed E-state index contributed by atoms with van der Waals surface area (Å²) in [5, 5.41) is 7.86. The third-order valence-electron chi connectivity index (χ3n) is 4.36. The van der Waals surface area contributed by atoms with E-state index in [4.69, 9.17) is 9.26 Å². The molecule has 0 aliphatic heterocycles. The van der Waals surface area contributed by atoms with E-state index in [2.05, 4.69) is 20.2 Å². The van der Waals surface area contributed by atoms with Crippen molar-refractivity contribution >= 4 is 5.97 Å². The molecule has 0 N–H and O–H groups in total. The molecule has 8 nitrogen and oxygen atoms in total. The quantitative estimate of drug-likeness (QED) is 0.443. The first-order chi connectivity index (χ1) is 14.8. The lowest BCUT2D eigenvalue weighted by Crippen LogP contribution is -2.08. The van der Waals surface area contributed by atoms with Crippen LogP contribution in [0.4, 0.5) is 13.2 Å². The van der Waals surface area contributed by atoms with Crippen LogP contribution in [0.5, 0.6) is 0 Å². The Kier molecular flexibility index (Phi) is 5.24. The maximum Gasteiger partial charge on any atom is 0.416 e. The fourth-order valence-electron chi connectivity index (χ4n) is 2.76.